The molecule has 0 atom stereocenters. The first-order valence-corrected chi connectivity index (χ1v) is 8.62. The Morgan fingerprint density at radius 2 is 1.86 bits per heavy atom. The summed E-state index contributed by atoms with van der Waals surface area (Å²) in [7, 11) is -3.24. The van der Waals surface area contributed by atoms with Gasteiger partial charge in [-0.1, -0.05) is 0 Å². The topological polar surface area (TPSA) is 88.2 Å². The Labute approximate surface area is 145 Å². The number of nitrogens with zero attached hydrogens (tertiary/aromatic N) is 3. The van der Waals surface area contributed by atoms with E-state index in [1.165, 1.54) is 4.31 Å². The summed E-state index contributed by atoms with van der Waals surface area (Å²) in [5, 5.41) is 0. The molecule has 1 heterocycles. The third-order valence-corrected chi connectivity index (χ3v) is 4.90. The monoisotopic (exact) mass is 434 g/mol. The van der Waals surface area contributed by atoms with Gasteiger partial charge in [0.15, 0.2) is 5.96 Å². The fourth-order valence-electron chi connectivity index (χ4n) is 1.98. The van der Waals surface area contributed by atoms with E-state index in [1.807, 2.05) is 25.7 Å². The SMILES string of the molecule is CCN=C(N)N1CCN(S(=O)(=O)CCOC(C)C)CC1.I. The third-order valence-electron chi connectivity index (χ3n) is 3.07. The smallest absolute Gasteiger partial charge is 0.216 e. The van der Waals surface area contributed by atoms with Gasteiger partial charge in [0.05, 0.1) is 18.5 Å². The third kappa shape index (κ3) is 7.11. The van der Waals surface area contributed by atoms with Crippen LogP contribution in [0.5, 0.6) is 0 Å². The van der Waals surface area contributed by atoms with Crippen molar-refractivity contribution in [3.8, 4) is 0 Å². The van der Waals surface area contributed by atoms with Gasteiger partial charge in [-0.3, -0.25) is 4.99 Å². The maximum atomic E-state index is 12.1. The van der Waals surface area contributed by atoms with Crippen molar-refractivity contribution in [1.82, 2.24) is 9.21 Å². The van der Waals surface area contributed by atoms with Crippen molar-refractivity contribution in [2.45, 2.75) is 26.9 Å². The molecule has 1 rings (SSSR count). The number of nitrogens with two attached hydrogens (primary N) is 1. The van der Waals surface area contributed by atoms with Gasteiger partial charge < -0.3 is 15.4 Å². The van der Waals surface area contributed by atoms with Crippen molar-refractivity contribution in [3.63, 3.8) is 0 Å². The lowest BCUT2D eigenvalue weighted by Crippen LogP contribution is -2.53. The summed E-state index contributed by atoms with van der Waals surface area (Å²) in [6, 6.07) is 0. The molecular weight excluding hydrogens is 407 g/mol. The molecule has 1 saturated heterocycles. The molecule has 21 heavy (non-hydrogen) atoms. The van der Waals surface area contributed by atoms with Crippen LogP contribution in [0.2, 0.25) is 0 Å². The minimum Gasteiger partial charge on any atom is -0.378 e. The molecule has 0 bridgehead atoms. The minimum atomic E-state index is -3.24. The summed E-state index contributed by atoms with van der Waals surface area (Å²) in [5.41, 5.74) is 5.81. The number of sulfonamides is 1. The molecule has 0 amide bonds. The van der Waals surface area contributed by atoms with Crippen LogP contribution in [-0.4, -0.2) is 74.8 Å². The first-order valence-electron chi connectivity index (χ1n) is 7.01. The molecule has 0 aromatic heterocycles. The summed E-state index contributed by atoms with van der Waals surface area (Å²) in [5.74, 6) is 0.525. The number of ether oxygens (including phenoxy) is 1. The molecule has 1 aliphatic rings. The molecule has 126 valence electrons. The van der Waals surface area contributed by atoms with Gasteiger partial charge in [-0.05, 0) is 20.8 Å². The van der Waals surface area contributed by atoms with E-state index < -0.39 is 10.0 Å². The van der Waals surface area contributed by atoms with Crippen LogP contribution in [0.15, 0.2) is 4.99 Å². The Hall–Kier alpha value is -0.130. The van der Waals surface area contributed by atoms with E-state index >= 15 is 0 Å². The lowest BCUT2D eigenvalue weighted by atomic mass is 10.4. The van der Waals surface area contributed by atoms with Crippen LogP contribution >= 0.6 is 24.0 Å². The Balaban J connectivity index is 0.00000400. The fraction of sp³-hybridized carbons (Fsp3) is 0.917. The molecule has 2 N–H and O–H groups in total. The zero-order valence-corrected chi connectivity index (χ0v) is 16.1. The van der Waals surface area contributed by atoms with Gasteiger partial charge in [0.1, 0.15) is 0 Å². The van der Waals surface area contributed by atoms with Crippen molar-refractivity contribution >= 4 is 40.0 Å². The summed E-state index contributed by atoms with van der Waals surface area (Å²) in [6.07, 6.45) is 0.0482. The highest BCUT2D eigenvalue weighted by molar-refractivity contribution is 14.0. The molecule has 0 saturated carbocycles. The average molecular weight is 434 g/mol. The lowest BCUT2D eigenvalue weighted by Gasteiger charge is -2.34. The van der Waals surface area contributed by atoms with E-state index in [1.54, 1.807) is 0 Å². The number of hydrogen-bond acceptors (Lipinski definition) is 4. The number of hydrogen-bond donors (Lipinski definition) is 1. The number of guanidine groups is 1. The van der Waals surface area contributed by atoms with Gasteiger partial charge >= 0.3 is 0 Å². The van der Waals surface area contributed by atoms with Gasteiger partial charge in [0.25, 0.3) is 0 Å². The Kier molecular flexibility index (Phi) is 9.74. The molecule has 1 aliphatic heterocycles. The van der Waals surface area contributed by atoms with E-state index in [9.17, 15) is 8.42 Å². The quantitative estimate of drug-likeness (QED) is 0.370. The predicted octanol–water partition coefficient (Wildman–Crippen LogP) is 0.311. The largest absolute Gasteiger partial charge is 0.378 e. The number of aliphatic imine (C=N–C) groups is 1. The summed E-state index contributed by atoms with van der Waals surface area (Å²) in [6.45, 7) is 8.63. The number of piperazine rings is 1. The average Bonchev–Trinajstić information content (AvgIpc) is 2.38. The van der Waals surface area contributed by atoms with Crippen molar-refractivity contribution in [3.05, 3.63) is 0 Å². The molecule has 0 aromatic carbocycles. The van der Waals surface area contributed by atoms with Crippen LogP contribution in [-0.2, 0) is 14.8 Å². The van der Waals surface area contributed by atoms with Gasteiger partial charge in [0, 0.05) is 32.7 Å². The molecule has 0 spiro atoms. The standard InChI is InChI=1S/C12H26N4O3S.HI/c1-4-14-12(13)15-5-7-16(8-6-15)20(17,18)10-9-19-11(2)3;/h11H,4-10H2,1-3H3,(H2,13,14);1H. The van der Waals surface area contributed by atoms with E-state index in [0.717, 1.165) is 0 Å². The molecule has 0 aliphatic carbocycles. The highest BCUT2D eigenvalue weighted by Gasteiger charge is 2.27. The molecule has 9 heteroatoms. The van der Waals surface area contributed by atoms with Crippen LogP contribution < -0.4 is 5.73 Å². The number of rotatable bonds is 6. The minimum absolute atomic E-state index is 0. The molecule has 0 radical (unpaired) electrons. The van der Waals surface area contributed by atoms with E-state index in [2.05, 4.69) is 4.99 Å². The number of halogens is 1. The molecular formula is C12H27IN4O3S. The molecule has 1 fully saturated rings. The van der Waals surface area contributed by atoms with Crippen LogP contribution in [0.25, 0.3) is 0 Å². The second-order valence-corrected chi connectivity index (χ2v) is 7.04. The fourth-order valence-corrected chi connectivity index (χ4v) is 3.26. The first kappa shape index (κ1) is 20.9. The van der Waals surface area contributed by atoms with Crippen LogP contribution in [0.1, 0.15) is 20.8 Å². The Bertz CT molecular complexity index is 420. The van der Waals surface area contributed by atoms with Crippen molar-refractivity contribution in [1.29, 1.82) is 0 Å². The van der Waals surface area contributed by atoms with Crippen LogP contribution in [0.3, 0.4) is 0 Å². The second-order valence-electron chi connectivity index (χ2n) is 4.95. The predicted molar refractivity (Wildman–Crippen MR) is 95.6 cm³/mol. The van der Waals surface area contributed by atoms with Crippen LogP contribution in [0.4, 0.5) is 0 Å². The van der Waals surface area contributed by atoms with Gasteiger partial charge in [0.2, 0.25) is 10.0 Å². The van der Waals surface area contributed by atoms with Gasteiger partial charge in [-0.25, -0.2) is 8.42 Å². The highest BCUT2D eigenvalue weighted by atomic mass is 127. The summed E-state index contributed by atoms with van der Waals surface area (Å²) in [4.78, 5) is 6.05. The zero-order valence-electron chi connectivity index (χ0n) is 13.0. The van der Waals surface area contributed by atoms with E-state index in [-0.39, 0.29) is 42.4 Å². The maximum absolute atomic E-state index is 12.1. The zero-order chi connectivity index (χ0) is 15.2. The Morgan fingerprint density at radius 3 is 2.33 bits per heavy atom. The molecule has 0 unspecified atom stereocenters. The second kappa shape index (κ2) is 9.80. The van der Waals surface area contributed by atoms with Crippen molar-refractivity contribution in [2.75, 3.05) is 45.1 Å². The van der Waals surface area contributed by atoms with Crippen LogP contribution in [0, 0.1) is 0 Å². The van der Waals surface area contributed by atoms with Gasteiger partial charge in [-0.2, -0.15) is 4.31 Å². The lowest BCUT2D eigenvalue weighted by molar-refractivity contribution is 0.0905. The summed E-state index contributed by atoms with van der Waals surface area (Å²) >= 11 is 0. The highest BCUT2D eigenvalue weighted by Crippen LogP contribution is 2.08. The normalized spacial score (nSPS) is 17.9. The van der Waals surface area contributed by atoms with Crippen molar-refractivity contribution < 1.29 is 13.2 Å². The van der Waals surface area contributed by atoms with E-state index in [0.29, 0.717) is 38.7 Å². The Morgan fingerprint density at radius 1 is 1.29 bits per heavy atom. The molecule has 0 aromatic rings. The summed E-state index contributed by atoms with van der Waals surface area (Å²) < 4.78 is 31.1. The first-order chi connectivity index (χ1) is 9.36. The van der Waals surface area contributed by atoms with E-state index in [4.69, 9.17) is 10.5 Å². The van der Waals surface area contributed by atoms with Crippen molar-refractivity contribution in [2.24, 2.45) is 10.7 Å². The molecule has 7 nitrogen and oxygen atoms in total. The maximum Gasteiger partial charge on any atom is 0.216 e. The van der Waals surface area contributed by atoms with Gasteiger partial charge in [-0.15, -0.1) is 24.0 Å².